The normalized spacial score (nSPS) is 26.5. The Kier molecular flexibility index (Phi) is 35.3. The van der Waals surface area contributed by atoms with Gasteiger partial charge in [0.1, 0.15) is 0 Å². The topological polar surface area (TPSA) is 292 Å². The highest BCUT2D eigenvalue weighted by molar-refractivity contribution is 7.90. The first-order valence-corrected chi connectivity index (χ1v) is 42.8. The number of nitrogens with one attached hydrogen (secondary N) is 1. The molecule has 27 nitrogen and oxygen atoms in total. The zero-order valence-corrected chi connectivity index (χ0v) is 64.2. The molecule has 0 aromatic rings. The first-order valence-electron chi connectivity index (χ1n) is 33.5. The fourth-order valence-electron chi connectivity index (χ4n) is 11.3. The van der Waals surface area contributed by atoms with Crippen LogP contribution in [0.1, 0.15) is 170 Å². The average Bonchev–Trinajstić information content (AvgIpc) is 0.882. The van der Waals surface area contributed by atoms with E-state index < -0.39 is 60.6 Å². The van der Waals surface area contributed by atoms with Gasteiger partial charge in [-0.25, -0.2) is 38.4 Å². The van der Waals surface area contributed by atoms with E-state index in [2.05, 4.69) is 65.1 Å². The van der Waals surface area contributed by atoms with E-state index in [0.29, 0.717) is 106 Å². The largest absolute Gasteiger partial charge is 0.379 e. The van der Waals surface area contributed by atoms with E-state index in [0.717, 1.165) is 71.7 Å². The molecule has 11 rings (SSSR count). The summed E-state index contributed by atoms with van der Waals surface area (Å²) < 4.78 is 170. The minimum Gasteiger partial charge on any atom is -0.379 e. The maximum Gasteiger partial charge on any atom is 0.338 e. The molecule has 10 aliphatic heterocycles. The summed E-state index contributed by atoms with van der Waals surface area (Å²) in [4.78, 5) is 7.42. The van der Waals surface area contributed by atoms with Crippen LogP contribution >= 0.6 is 0 Å². The Hall–Kier alpha value is -0.900. The summed E-state index contributed by atoms with van der Waals surface area (Å²) in [6, 6.07) is 2.60. The Labute approximate surface area is 559 Å². The highest BCUT2D eigenvalue weighted by atomic mass is 32.2. The number of sulfonamides is 4. The van der Waals surface area contributed by atoms with E-state index in [1.165, 1.54) is 56.1 Å². The third kappa shape index (κ3) is 27.7. The molecule has 0 atom stereocenters. The molecule has 1 aliphatic carbocycles. The van der Waals surface area contributed by atoms with Crippen molar-refractivity contribution in [3.05, 3.63) is 0 Å². The van der Waals surface area contributed by atoms with Gasteiger partial charge in [-0.3, -0.25) is 18.9 Å². The van der Waals surface area contributed by atoms with E-state index in [4.69, 9.17) is 18.9 Å². The van der Waals surface area contributed by atoms with Crippen LogP contribution in [0.5, 0.6) is 0 Å². The second-order valence-corrected chi connectivity index (χ2v) is 38.8. The van der Waals surface area contributed by atoms with E-state index in [1.54, 1.807) is 8.61 Å². The number of nitrogens with zero attached hydrogens (tertiary/aromatic N) is 9. The molecule has 33 heteroatoms. The van der Waals surface area contributed by atoms with E-state index in [1.807, 2.05) is 83.1 Å². The predicted octanol–water partition coefficient (Wildman–Crippen LogP) is 4.07. The third-order valence-electron chi connectivity index (χ3n) is 17.2. The molecule has 11 fully saturated rings. The van der Waals surface area contributed by atoms with Crippen LogP contribution in [0.25, 0.3) is 0 Å². The summed E-state index contributed by atoms with van der Waals surface area (Å²) in [5.74, 6) is 0.854. The summed E-state index contributed by atoms with van der Waals surface area (Å²) in [6.45, 7) is 51.8. The van der Waals surface area contributed by atoms with Gasteiger partial charge in [-0.1, -0.05) is 0 Å². The lowest BCUT2D eigenvalue weighted by atomic mass is 9.85. The van der Waals surface area contributed by atoms with Gasteiger partial charge in [-0.05, 0) is 163 Å². The molecule has 0 radical (unpaired) electrons. The number of hydrogen-bond acceptors (Lipinski definition) is 20. The van der Waals surface area contributed by atoms with Crippen molar-refractivity contribution >= 4 is 60.6 Å². The minimum absolute atomic E-state index is 0.00694. The maximum absolute atomic E-state index is 11.3. The van der Waals surface area contributed by atoms with E-state index in [9.17, 15) is 50.5 Å². The maximum atomic E-state index is 11.3. The number of rotatable bonds is 9. The van der Waals surface area contributed by atoms with Gasteiger partial charge in [0.15, 0.2) is 5.94 Å². The molecule has 0 aromatic carbocycles. The summed E-state index contributed by atoms with van der Waals surface area (Å²) >= 11 is 0. The summed E-state index contributed by atoms with van der Waals surface area (Å²) in [5, 5.41) is 0. The molecule has 11 aliphatic rings. The van der Waals surface area contributed by atoms with Crippen molar-refractivity contribution in [2.45, 2.75) is 235 Å². The minimum atomic E-state index is -3.35. The van der Waals surface area contributed by atoms with Crippen molar-refractivity contribution in [3.8, 4) is 0 Å². The quantitative estimate of drug-likeness (QED) is 0.340. The SMILES string of the molecule is CC(C)N1CC2(CCO2)C1.CC(C)N1CCCCS1(=O)=O.CC(C)N1CCCNS1(=O)=O.CC(C)N1CCCS1(=O)=O.CC(C)N1CCOC2(CC2)C1.CC(C)N1CCOCC1.CC(C)N1CCOCS1(=O)=O.CC(C)N1CCOS1(=O)=O.CC(C)N1CCS1(=O)=O. The number of hydrogen-bond donors (Lipinski definition) is 1. The molecule has 0 unspecified atom stereocenters. The highest BCUT2D eigenvalue weighted by Crippen LogP contribution is 2.42. The fraction of sp³-hybridized carbons (Fsp3) is 1.00. The van der Waals surface area contributed by atoms with Crippen LogP contribution in [0.3, 0.4) is 0 Å². The van der Waals surface area contributed by atoms with Gasteiger partial charge in [0, 0.05) is 146 Å². The molecule has 92 heavy (non-hydrogen) atoms. The zero-order chi connectivity index (χ0) is 69.8. The van der Waals surface area contributed by atoms with Crippen LogP contribution in [0.15, 0.2) is 0 Å². The summed E-state index contributed by atoms with van der Waals surface area (Å²) in [5.41, 5.74) is 0.632. The zero-order valence-electron chi connectivity index (χ0n) is 59.3. The van der Waals surface area contributed by atoms with Crippen molar-refractivity contribution in [3.63, 3.8) is 0 Å². The monoisotopic (exact) mass is 1440 g/mol. The van der Waals surface area contributed by atoms with Crippen LogP contribution in [0.4, 0.5) is 0 Å². The van der Waals surface area contributed by atoms with E-state index in [-0.39, 0.29) is 42.2 Å². The van der Waals surface area contributed by atoms with Crippen LogP contribution in [-0.2, 0) is 83.7 Å². The predicted molar refractivity (Wildman–Crippen MR) is 365 cm³/mol. The van der Waals surface area contributed by atoms with Gasteiger partial charge in [-0.2, -0.15) is 42.7 Å². The molecule has 10 saturated heterocycles. The van der Waals surface area contributed by atoms with Crippen molar-refractivity contribution in [1.82, 2.24) is 45.3 Å². The van der Waals surface area contributed by atoms with Gasteiger partial charge in [0.05, 0.1) is 68.1 Å². The van der Waals surface area contributed by atoms with Gasteiger partial charge < -0.3 is 18.9 Å². The molecule has 0 bridgehead atoms. The van der Waals surface area contributed by atoms with Gasteiger partial charge in [0.2, 0.25) is 40.1 Å². The molecule has 2 spiro atoms. The second-order valence-electron chi connectivity index (χ2n) is 27.5. The number of morpholine rings is 2. The van der Waals surface area contributed by atoms with Gasteiger partial charge in [-0.15, -0.1) is 0 Å². The molecule has 0 amide bonds. The number of ether oxygens (including phenoxy) is 4. The number of likely N-dealkylation sites (tertiary alicyclic amines) is 1. The van der Waals surface area contributed by atoms with Crippen molar-refractivity contribution < 1.29 is 73.6 Å². The lowest BCUT2D eigenvalue weighted by molar-refractivity contribution is -0.227. The Morgan fingerprint density at radius 1 is 0.326 bits per heavy atom. The smallest absolute Gasteiger partial charge is 0.338 e. The lowest BCUT2D eigenvalue weighted by Crippen LogP contribution is -2.69. The molecular weight excluding hydrogens is 1310 g/mol. The van der Waals surface area contributed by atoms with Gasteiger partial charge >= 0.3 is 10.3 Å². The Bertz CT molecular complexity index is 2680. The van der Waals surface area contributed by atoms with E-state index >= 15 is 0 Å². The molecule has 0 aromatic heterocycles. The molecule has 548 valence electrons. The highest BCUT2D eigenvalue weighted by Gasteiger charge is 2.50. The average molecular weight is 1440 g/mol. The van der Waals surface area contributed by atoms with Crippen molar-refractivity contribution in [2.75, 3.05) is 148 Å². The molecular formula is C59H124N10O17S6. The Balaban J connectivity index is 0.000000270. The van der Waals surface area contributed by atoms with Crippen LogP contribution in [0.2, 0.25) is 0 Å². The van der Waals surface area contributed by atoms with Crippen molar-refractivity contribution in [2.24, 2.45) is 0 Å². The Morgan fingerprint density at radius 3 is 1.02 bits per heavy atom. The third-order valence-corrected chi connectivity index (χ3v) is 28.7. The first-order chi connectivity index (χ1) is 42.5. The standard InChI is InChI=1S/C9H17NO.C8H15NO.C7H15NO2S.C7H15NO.C6H14N2O2S.C6H13NO3S.C6H13NO2S.C5H11NO3S.C5H11NO2S/c1-8(2)10-5-6-11-9(7-10)3-4-9;1-7(2)9-5-8(6-9)3-4-10-8;1-7(2)8-5-3-4-6-11(8,9)10;1-7(2)8-3-5-9-6-4-8;1-6(2)8-5-3-4-7-11(8,9)10;1-6(2)7-3-4-10-5-11(7,8)9;1-6(2)7-4-3-5-10(7,8)9;1-5(2)6-3-4-9-10(6,7)8;1-5(2)6-3-4-9(6,7)8/h8H,3-7H2,1-2H3;7H,3-6H2,1-2H3;7H,3-6H2,1-2H3;7H,3-6H2,1-2H3;6-7H,3-5H2,1-2H3;6H,3-5H2,1-2H3;6H,3-5H2,1-2H3;5H,3-4H2,1-2H3;5H,3-4H2,1-2H3. The summed E-state index contributed by atoms with van der Waals surface area (Å²) in [6.07, 6.45) is 7.39. The summed E-state index contributed by atoms with van der Waals surface area (Å²) in [7, 11) is -18.1. The molecule has 10 heterocycles. The Morgan fingerprint density at radius 2 is 0.728 bits per heavy atom. The van der Waals surface area contributed by atoms with Crippen molar-refractivity contribution in [1.29, 1.82) is 0 Å². The second kappa shape index (κ2) is 38.1. The van der Waals surface area contributed by atoms with Crippen LogP contribution < -0.4 is 4.72 Å². The fourth-order valence-corrected chi connectivity index (χ4v) is 20.5. The van der Waals surface area contributed by atoms with Crippen LogP contribution in [0, 0.1) is 0 Å². The lowest BCUT2D eigenvalue weighted by Gasteiger charge is -2.56. The first kappa shape index (κ1) is 85.3. The van der Waals surface area contributed by atoms with Gasteiger partial charge in [0.25, 0.3) is 10.2 Å². The molecule has 1 saturated carbocycles. The van der Waals surface area contributed by atoms with Crippen LogP contribution in [-0.4, -0.2) is 305 Å². The molecule has 1 N–H and O–H groups in total.